The van der Waals surface area contributed by atoms with Crippen LogP contribution in [0.5, 0.6) is 5.88 Å². The molecule has 1 aliphatic rings. The molecule has 8 heteroatoms. The number of anilines is 1. The first-order chi connectivity index (χ1) is 12.5. The predicted octanol–water partition coefficient (Wildman–Crippen LogP) is 4.01. The summed E-state index contributed by atoms with van der Waals surface area (Å²) in [5, 5.41) is 2.89. The van der Waals surface area contributed by atoms with E-state index in [2.05, 4.69) is 10.3 Å². The van der Waals surface area contributed by atoms with Gasteiger partial charge in [0.1, 0.15) is 6.10 Å². The molecule has 0 spiro atoms. The van der Waals surface area contributed by atoms with E-state index >= 15 is 0 Å². The Labute approximate surface area is 151 Å². The summed E-state index contributed by atoms with van der Waals surface area (Å²) < 4.78 is 54.9. The van der Waals surface area contributed by atoms with Gasteiger partial charge < -0.3 is 10.1 Å². The van der Waals surface area contributed by atoms with Gasteiger partial charge in [0, 0.05) is 18.8 Å². The second kappa shape index (κ2) is 7.99. The molecule has 1 aliphatic carbocycles. The van der Waals surface area contributed by atoms with E-state index in [0.717, 1.165) is 18.4 Å². The number of sulfone groups is 1. The van der Waals surface area contributed by atoms with E-state index in [1.54, 1.807) is 18.3 Å². The van der Waals surface area contributed by atoms with Crippen molar-refractivity contribution in [3.05, 3.63) is 48.2 Å². The number of pyridine rings is 1. The van der Waals surface area contributed by atoms with E-state index in [0.29, 0.717) is 5.88 Å². The number of nitrogens with one attached hydrogen (secondary N) is 1. The Balaban J connectivity index is 1.66. The number of benzene rings is 1. The van der Waals surface area contributed by atoms with Crippen LogP contribution in [0.3, 0.4) is 0 Å². The summed E-state index contributed by atoms with van der Waals surface area (Å²) >= 11 is 0. The van der Waals surface area contributed by atoms with Crippen molar-refractivity contribution in [1.82, 2.24) is 4.98 Å². The first kappa shape index (κ1) is 18.6. The molecule has 5 nitrogen and oxygen atoms in total. The third kappa shape index (κ3) is 4.30. The van der Waals surface area contributed by atoms with Crippen LogP contribution in [0.25, 0.3) is 0 Å². The van der Waals surface area contributed by atoms with Crippen molar-refractivity contribution in [3.8, 4) is 5.88 Å². The Morgan fingerprint density at radius 2 is 1.88 bits per heavy atom. The van der Waals surface area contributed by atoms with Crippen molar-refractivity contribution in [2.45, 2.75) is 49.0 Å². The molecule has 1 saturated carbocycles. The van der Waals surface area contributed by atoms with Gasteiger partial charge in [-0.2, -0.15) is 8.78 Å². The quantitative estimate of drug-likeness (QED) is 0.784. The van der Waals surface area contributed by atoms with E-state index < -0.39 is 20.5 Å². The smallest absolute Gasteiger partial charge is 0.341 e. The first-order valence-corrected chi connectivity index (χ1v) is 9.98. The highest BCUT2D eigenvalue weighted by Crippen LogP contribution is 2.27. The maximum Gasteiger partial charge on any atom is 0.341 e. The fourth-order valence-electron chi connectivity index (χ4n) is 2.92. The van der Waals surface area contributed by atoms with Crippen LogP contribution >= 0.6 is 0 Å². The van der Waals surface area contributed by atoms with Crippen LogP contribution in [-0.2, 0) is 16.4 Å². The highest BCUT2D eigenvalue weighted by atomic mass is 32.2. The van der Waals surface area contributed by atoms with Crippen LogP contribution in [0.2, 0.25) is 0 Å². The van der Waals surface area contributed by atoms with Gasteiger partial charge in [0.05, 0.1) is 10.6 Å². The zero-order chi connectivity index (χ0) is 18.6. The summed E-state index contributed by atoms with van der Waals surface area (Å²) in [6, 6.07) is 9.20. The highest BCUT2D eigenvalue weighted by Gasteiger charge is 2.28. The van der Waals surface area contributed by atoms with E-state index in [1.165, 1.54) is 31.0 Å². The summed E-state index contributed by atoms with van der Waals surface area (Å²) in [5.41, 5.74) is 0.923. The van der Waals surface area contributed by atoms with Gasteiger partial charge >= 0.3 is 5.76 Å². The van der Waals surface area contributed by atoms with Gasteiger partial charge in [-0.05, 0) is 43.4 Å². The van der Waals surface area contributed by atoms with Gasteiger partial charge in [-0.15, -0.1) is 0 Å². The third-order valence-electron chi connectivity index (χ3n) is 4.30. The molecule has 1 heterocycles. The number of ether oxygens (including phenoxy) is 1. The molecule has 0 atom stereocenters. The Morgan fingerprint density at radius 1 is 1.15 bits per heavy atom. The van der Waals surface area contributed by atoms with Crippen LogP contribution in [0.15, 0.2) is 47.5 Å². The van der Waals surface area contributed by atoms with Gasteiger partial charge in [0.2, 0.25) is 15.7 Å². The van der Waals surface area contributed by atoms with E-state index in [-0.39, 0.29) is 18.3 Å². The van der Waals surface area contributed by atoms with Crippen LogP contribution in [-0.4, -0.2) is 25.3 Å². The average Bonchev–Trinajstić information content (AvgIpc) is 3.14. The first-order valence-electron chi connectivity index (χ1n) is 8.43. The number of para-hydroxylation sites is 1. The zero-order valence-electron chi connectivity index (χ0n) is 14.1. The third-order valence-corrected chi connectivity index (χ3v) is 5.74. The summed E-state index contributed by atoms with van der Waals surface area (Å²) in [6.45, 7) is 0.256. The van der Waals surface area contributed by atoms with Crippen molar-refractivity contribution in [2.24, 2.45) is 0 Å². The van der Waals surface area contributed by atoms with Gasteiger partial charge in [0.25, 0.3) is 0 Å². The predicted molar refractivity (Wildman–Crippen MR) is 94.1 cm³/mol. The monoisotopic (exact) mass is 382 g/mol. The van der Waals surface area contributed by atoms with Crippen molar-refractivity contribution in [2.75, 3.05) is 5.32 Å². The van der Waals surface area contributed by atoms with Crippen LogP contribution in [0.1, 0.15) is 31.2 Å². The number of rotatable bonds is 7. The van der Waals surface area contributed by atoms with Gasteiger partial charge in [-0.3, -0.25) is 0 Å². The van der Waals surface area contributed by atoms with Crippen LogP contribution in [0, 0.1) is 0 Å². The van der Waals surface area contributed by atoms with Crippen molar-refractivity contribution in [1.29, 1.82) is 0 Å². The fraction of sp³-hybridized carbons (Fsp3) is 0.389. The average molecular weight is 382 g/mol. The van der Waals surface area contributed by atoms with Crippen molar-refractivity contribution < 1.29 is 21.9 Å². The Bertz CT molecular complexity index is 836. The summed E-state index contributed by atoms with van der Waals surface area (Å²) in [7, 11) is -4.66. The lowest BCUT2D eigenvalue weighted by atomic mass is 10.2. The normalized spacial score (nSPS) is 15.3. The van der Waals surface area contributed by atoms with Crippen LogP contribution < -0.4 is 10.1 Å². The Kier molecular flexibility index (Phi) is 5.70. The number of hydrogen-bond acceptors (Lipinski definition) is 5. The fourth-order valence-corrected chi connectivity index (χ4v) is 3.82. The molecule has 0 saturated heterocycles. The Morgan fingerprint density at radius 3 is 2.54 bits per heavy atom. The second-order valence-electron chi connectivity index (χ2n) is 6.18. The van der Waals surface area contributed by atoms with Crippen LogP contribution in [0.4, 0.5) is 14.5 Å². The molecular weight excluding hydrogens is 362 g/mol. The molecule has 0 unspecified atom stereocenters. The van der Waals surface area contributed by atoms with Crippen molar-refractivity contribution in [3.63, 3.8) is 0 Å². The van der Waals surface area contributed by atoms with Gasteiger partial charge in [-0.25, -0.2) is 13.4 Å². The lowest BCUT2D eigenvalue weighted by Gasteiger charge is -2.13. The molecule has 1 aromatic carbocycles. The topological polar surface area (TPSA) is 68.3 Å². The molecule has 1 fully saturated rings. The lowest BCUT2D eigenvalue weighted by Crippen LogP contribution is -2.14. The minimum atomic E-state index is -4.66. The summed E-state index contributed by atoms with van der Waals surface area (Å²) in [4.78, 5) is 3.84. The SMILES string of the molecule is O=S(=O)(c1ccccc1NCc1ccc(OC2CCCC2)nc1)C(F)F. The van der Waals surface area contributed by atoms with E-state index in [1.807, 2.05) is 6.07 Å². The lowest BCUT2D eigenvalue weighted by molar-refractivity contribution is 0.201. The van der Waals surface area contributed by atoms with Crippen molar-refractivity contribution >= 4 is 15.5 Å². The van der Waals surface area contributed by atoms with E-state index in [4.69, 9.17) is 4.74 Å². The molecule has 0 amide bonds. The van der Waals surface area contributed by atoms with Gasteiger partial charge in [-0.1, -0.05) is 18.2 Å². The molecule has 0 bridgehead atoms. The molecular formula is C18H20F2N2O3S. The standard InChI is InChI=1S/C18H20F2N2O3S/c19-18(20)26(23,24)16-8-4-3-7-15(16)21-11-13-9-10-17(22-12-13)25-14-5-1-2-6-14/h3-4,7-10,12,14,18,21H,1-2,5-6,11H2. The Hall–Kier alpha value is -2.22. The minimum absolute atomic E-state index is 0.138. The maximum absolute atomic E-state index is 12.8. The molecule has 2 aromatic rings. The summed E-state index contributed by atoms with van der Waals surface area (Å²) in [5.74, 6) is -2.90. The number of nitrogens with zero attached hydrogens (tertiary/aromatic N) is 1. The second-order valence-corrected chi connectivity index (χ2v) is 8.07. The molecule has 0 aliphatic heterocycles. The van der Waals surface area contributed by atoms with E-state index in [9.17, 15) is 17.2 Å². The largest absolute Gasteiger partial charge is 0.474 e. The molecule has 1 aromatic heterocycles. The van der Waals surface area contributed by atoms with Gasteiger partial charge in [0.15, 0.2) is 0 Å². The molecule has 140 valence electrons. The highest BCUT2D eigenvalue weighted by molar-refractivity contribution is 7.91. The maximum atomic E-state index is 12.8. The molecule has 1 N–H and O–H groups in total. The molecule has 0 radical (unpaired) electrons. The number of hydrogen-bond donors (Lipinski definition) is 1. The number of alkyl halides is 2. The minimum Gasteiger partial charge on any atom is -0.474 e. The summed E-state index contributed by atoms with van der Waals surface area (Å²) in [6.07, 6.45) is 6.28. The molecule has 26 heavy (non-hydrogen) atoms. The molecule has 3 rings (SSSR count). The zero-order valence-corrected chi connectivity index (χ0v) is 14.9. The number of halogens is 2. The number of aromatic nitrogens is 1.